The van der Waals surface area contributed by atoms with Gasteiger partial charge in [0.2, 0.25) is 5.75 Å². The number of nitrogens with zero attached hydrogens (tertiary/aromatic N) is 3. The van der Waals surface area contributed by atoms with Crippen LogP contribution in [0.3, 0.4) is 0 Å². The van der Waals surface area contributed by atoms with E-state index in [9.17, 15) is 29.8 Å². The summed E-state index contributed by atoms with van der Waals surface area (Å²) in [5.41, 5.74) is 3.52. The van der Waals surface area contributed by atoms with Crippen molar-refractivity contribution in [2.45, 2.75) is 6.42 Å². The van der Waals surface area contributed by atoms with Crippen LogP contribution in [0.5, 0.6) is 5.75 Å². The van der Waals surface area contributed by atoms with Crippen molar-refractivity contribution in [1.29, 1.82) is 0 Å². The first-order chi connectivity index (χ1) is 10.7. The first-order valence-corrected chi connectivity index (χ1v) is 6.14. The molecule has 1 heterocycles. The van der Waals surface area contributed by atoms with Gasteiger partial charge in [0.25, 0.3) is 5.69 Å². The number of urea groups is 1. The predicted molar refractivity (Wildman–Crippen MR) is 73.5 cm³/mol. The summed E-state index contributed by atoms with van der Waals surface area (Å²) in [4.78, 5) is 43.4. The minimum absolute atomic E-state index is 0.00551. The van der Waals surface area contributed by atoms with E-state index in [0.29, 0.717) is 6.07 Å². The third kappa shape index (κ3) is 2.81. The number of anilines is 1. The zero-order valence-electron chi connectivity index (χ0n) is 11.4. The summed E-state index contributed by atoms with van der Waals surface area (Å²) in [5, 5.41) is 30.9. The highest BCUT2D eigenvalue weighted by Gasteiger charge is 2.39. The number of nitrogens with two attached hydrogens (primary N) is 1. The number of nitro benzene ring substituents is 2. The average molecular weight is 326 g/mol. The molecule has 0 spiro atoms. The quantitative estimate of drug-likeness (QED) is 0.576. The van der Waals surface area contributed by atoms with Crippen molar-refractivity contribution >= 4 is 29.1 Å². The number of carbonyl (C=O) groups excluding carboxylic acids is 1. The van der Waals surface area contributed by atoms with Crippen molar-refractivity contribution in [2.24, 2.45) is 5.73 Å². The van der Waals surface area contributed by atoms with Gasteiger partial charge in [0.05, 0.1) is 9.85 Å². The average Bonchev–Trinajstić information content (AvgIpc) is 2.88. The number of carboxylic acid groups (broad SMARTS) is 1. The Morgan fingerprint density at radius 3 is 2.39 bits per heavy atom. The van der Waals surface area contributed by atoms with Crippen molar-refractivity contribution in [2.75, 3.05) is 18.1 Å². The smallest absolute Gasteiger partial charge is 0.341 e. The van der Waals surface area contributed by atoms with E-state index >= 15 is 0 Å². The summed E-state index contributed by atoms with van der Waals surface area (Å²) < 4.78 is 4.92. The number of hydrogen-bond acceptors (Lipinski definition) is 7. The van der Waals surface area contributed by atoms with E-state index in [1.165, 1.54) is 0 Å². The molecule has 0 aromatic heterocycles. The molecule has 12 nitrogen and oxygen atoms in total. The third-order valence-corrected chi connectivity index (χ3v) is 3.16. The Hall–Kier alpha value is -3.44. The van der Waals surface area contributed by atoms with Gasteiger partial charge in [-0.05, 0) is 6.42 Å². The standard InChI is InChI=1S/C11H10N4O8/c12-11(18)13-2-1-5-9(13)6(14(19)20)3-7(15(21)22)10(5)23-4-8(16)17/h3H,1-2,4H2,(H2,12,18)(H,16,17). The molecular weight excluding hydrogens is 316 g/mol. The van der Waals surface area contributed by atoms with E-state index in [-0.39, 0.29) is 24.2 Å². The second kappa shape index (κ2) is 5.75. The molecule has 1 aliphatic heterocycles. The maximum atomic E-state index is 11.4. The van der Waals surface area contributed by atoms with Gasteiger partial charge in [-0.1, -0.05) is 0 Å². The molecular formula is C11H10N4O8. The summed E-state index contributed by atoms with van der Waals surface area (Å²) in [6.07, 6.45) is 0.00967. The number of benzene rings is 1. The lowest BCUT2D eigenvalue weighted by Crippen LogP contribution is -2.34. The van der Waals surface area contributed by atoms with Gasteiger partial charge < -0.3 is 15.6 Å². The normalized spacial score (nSPS) is 12.6. The lowest BCUT2D eigenvalue weighted by Gasteiger charge is -2.15. The van der Waals surface area contributed by atoms with E-state index in [4.69, 9.17) is 15.6 Å². The van der Waals surface area contributed by atoms with Gasteiger partial charge in [-0.3, -0.25) is 25.1 Å². The van der Waals surface area contributed by atoms with Gasteiger partial charge in [-0.25, -0.2) is 9.59 Å². The minimum atomic E-state index is -1.38. The number of primary amides is 1. The van der Waals surface area contributed by atoms with Crippen molar-refractivity contribution < 1.29 is 29.3 Å². The monoisotopic (exact) mass is 326 g/mol. The number of nitro groups is 2. The van der Waals surface area contributed by atoms with Crippen molar-refractivity contribution in [3.8, 4) is 5.75 Å². The molecule has 0 aliphatic carbocycles. The molecule has 0 saturated carbocycles. The van der Waals surface area contributed by atoms with E-state index < -0.39 is 45.6 Å². The van der Waals surface area contributed by atoms with E-state index in [0.717, 1.165) is 4.90 Å². The van der Waals surface area contributed by atoms with Crippen LogP contribution in [0.25, 0.3) is 0 Å². The Balaban J connectivity index is 2.71. The summed E-state index contributed by atoms with van der Waals surface area (Å²) in [5.74, 6) is -1.79. The maximum absolute atomic E-state index is 11.4. The molecule has 0 atom stereocenters. The summed E-state index contributed by atoms with van der Waals surface area (Å²) in [6, 6.07) is -0.345. The molecule has 3 N–H and O–H groups in total. The first-order valence-electron chi connectivity index (χ1n) is 6.14. The molecule has 1 aliphatic rings. The summed E-state index contributed by atoms with van der Waals surface area (Å²) in [6.45, 7) is -0.905. The van der Waals surface area contributed by atoms with Crippen molar-refractivity contribution in [1.82, 2.24) is 0 Å². The number of carboxylic acids is 1. The highest BCUT2D eigenvalue weighted by molar-refractivity contribution is 5.97. The fourth-order valence-corrected chi connectivity index (χ4v) is 2.34. The first kappa shape index (κ1) is 15.9. The Kier molecular flexibility index (Phi) is 3.98. The summed E-state index contributed by atoms with van der Waals surface area (Å²) >= 11 is 0. The molecule has 12 heteroatoms. The van der Waals surface area contributed by atoms with Crippen molar-refractivity contribution in [3.05, 3.63) is 31.9 Å². The van der Waals surface area contributed by atoms with E-state index in [2.05, 4.69) is 0 Å². The molecule has 1 aromatic carbocycles. The van der Waals surface area contributed by atoms with E-state index in [1.807, 2.05) is 0 Å². The van der Waals surface area contributed by atoms with Crippen LogP contribution in [-0.4, -0.2) is 40.1 Å². The molecule has 2 rings (SSSR count). The number of aliphatic carboxylic acids is 1. The van der Waals surface area contributed by atoms with Crippen LogP contribution in [0.4, 0.5) is 21.9 Å². The molecule has 0 radical (unpaired) electrons. The molecule has 1 aromatic rings. The van der Waals surface area contributed by atoms with Gasteiger partial charge in [0.15, 0.2) is 6.61 Å². The fourth-order valence-electron chi connectivity index (χ4n) is 2.34. The Morgan fingerprint density at radius 1 is 1.30 bits per heavy atom. The maximum Gasteiger partial charge on any atom is 0.341 e. The second-order valence-electron chi connectivity index (χ2n) is 4.51. The Morgan fingerprint density at radius 2 is 1.91 bits per heavy atom. The largest absolute Gasteiger partial charge is 0.479 e. The van der Waals surface area contributed by atoms with Crippen LogP contribution in [0.1, 0.15) is 5.56 Å². The fraction of sp³-hybridized carbons (Fsp3) is 0.273. The molecule has 0 fully saturated rings. The predicted octanol–water partition coefficient (Wildman–Crippen LogP) is 0.408. The van der Waals surface area contributed by atoms with Crippen LogP contribution in [0.2, 0.25) is 0 Å². The molecule has 0 unspecified atom stereocenters. The highest BCUT2D eigenvalue weighted by atomic mass is 16.6. The number of ether oxygens (including phenoxy) is 1. The van der Waals surface area contributed by atoms with Gasteiger partial charge in [0, 0.05) is 12.1 Å². The lowest BCUT2D eigenvalue weighted by molar-refractivity contribution is -0.394. The number of hydrogen-bond donors (Lipinski definition) is 2. The van der Waals surface area contributed by atoms with Crippen LogP contribution in [0, 0.1) is 20.2 Å². The highest BCUT2D eigenvalue weighted by Crippen LogP contribution is 2.47. The molecule has 23 heavy (non-hydrogen) atoms. The summed E-state index contributed by atoms with van der Waals surface area (Å²) in [7, 11) is 0. The Labute approximate surface area is 127 Å². The zero-order chi connectivity index (χ0) is 17.3. The Bertz CT molecular complexity index is 731. The van der Waals surface area contributed by atoms with Crippen LogP contribution >= 0.6 is 0 Å². The molecule has 122 valence electrons. The third-order valence-electron chi connectivity index (χ3n) is 3.16. The molecule has 2 amide bonds. The van der Waals surface area contributed by atoms with E-state index in [1.54, 1.807) is 0 Å². The van der Waals surface area contributed by atoms with Crippen molar-refractivity contribution in [3.63, 3.8) is 0 Å². The van der Waals surface area contributed by atoms with Gasteiger partial charge in [0.1, 0.15) is 11.8 Å². The number of amides is 2. The number of carbonyl (C=O) groups is 2. The van der Waals surface area contributed by atoms with Crippen LogP contribution < -0.4 is 15.4 Å². The van der Waals surface area contributed by atoms with Gasteiger partial charge in [-0.2, -0.15) is 0 Å². The van der Waals surface area contributed by atoms with Crippen LogP contribution in [0.15, 0.2) is 6.07 Å². The second-order valence-corrected chi connectivity index (χ2v) is 4.51. The lowest BCUT2D eigenvalue weighted by atomic mass is 10.1. The van der Waals surface area contributed by atoms with Gasteiger partial charge in [-0.15, -0.1) is 0 Å². The topological polar surface area (TPSA) is 179 Å². The van der Waals surface area contributed by atoms with Crippen LogP contribution in [-0.2, 0) is 11.2 Å². The molecule has 0 bridgehead atoms. The van der Waals surface area contributed by atoms with Gasteiger partial charge >= 0.3 is 17.7 Å². The minimum Gasteiger partial charge on any atom is -0.479 e. The number of rotatable bonds is 5. The molecule has 0 saturated heterocycles. The zero-order valence-corrected chi connectivity index (χ0v) is 11.4. The SMILES string of the molecule is NC(=O)N1CCc2c(OCC(=O)O)c([N+](=O)[O-])cc([N+](=O)[O-])c21. The number of fused-ring (bicyclic) bond motifs is 1.